The summed E-state index contributed by atoms with van der Waals surface area (Å²) in [5, 5.41) is 3.21. The van der Waals surface area contributed by atoms with E-state index in [-0.39, 0.29) is 23.5 Å². The Balaban J connectivity index is 2.29. The number of rotatable bonds is 6. The molecule has 1 N–H and O–H groups in total. The van der Waals surface area contributed by atoms with Gasteiger partial charge in [0, 0.05) is 26.1 Å². The SMILES string of the molecule is CC(C)CNCCC(=O)N(C)C1CCS(=O)(=O)C1. The van der Waals surface area contributed by atoms with Crippen LogP contribution in [0.25, 0.3) is 0 Å². The van der Waals surface area contributed by atoms with Gasteiger partial charge in [0.25, 0.3) is 0 Å². The Morgan fingerprint density at radius 2 is 2.11 bits per heavy atom. The summed E-state index contributed by atoms with van der Waals surface area (Å²) in [5.41, 5.74) is 0. The van der Waals surface area contributed by atoms with Crippen molar-refractivity contribution in [2.45, 2.75) is 32.7 Å². The molecule has 18 heavy (non-hydrogen) atoms. The summed E-state index contributed by atoms with van der Waals surface area (Å²) in [7, 11) is -1.22. The summed E-state index contributed by atoms with van der Waals surface area (Å²) >= 11 is 0. The van der Waals surface area contributed by atoms with Crippen LogP contribution in [0.1, 0.15) is 26.7 Å². The van der Waals surface area contributed by atoms with Crippen molar-refractivity contribution in [2.75, 3.05) is 31.6 Å². The summed E-state index contributed by atoms with van der Waals surface area (Å²) < 4.78 is 22.7. The molecule has 0 spiro atoms. The molecule has 1 aliphatic heterocycles. The molecule has 6 heteroatoms. The van der Waals surface area contributed by atoms with Gasteiger partial charge in [-0.1, -0.05) is 13.8 Å². The molecule has 1 saturated heterocycles. The lowest BCUT2D eigenvalue weighted by Crippen LogP contribution is -2.39. The minimum Gasteiger partial charge on any atom is -0.342 e. The molecule has 0 aliphatic carbocycles. The molecule has 0 saturated carbocycles. The first kappa shape index (κ1) is 15.4. The summed E-state index contributed by atoms with van der Waals surface area (Å²) in [4.78, 5) is 13.5. The van der Waals surface area contributed by atoms with Crippen molar-refractivity contribution in [1.29, 1.82) is 0 Å². The predicted molar refractivity (Wildman–Crippen MR) is 72.2 cm³/mol. The average Bonchev–Trinajstić information content (AvgIpc) is 2.63. The van der Waals surface area contributed by atoms with Crippen LogP contribution >= 0.6 is 0 Å². The van der Waals surface area contributed by atoms with Crippen LogP contribution in [0.2, 0.25) is 0 Å². The van der Waals surface area contributed by atoms with Crippen LogP contribution in [0, 0.1) is 5.92 Å². The van der Waals surface area contributed by atoms with Gasteiger partial charge in [-0.05, 0) is 18.9 Å². The summed E-state index contributed by atoms with van der Waals surface area (Å²) in [5.74, 6) is 0.918. The van der Waals surface area contributed by atoms with Crippen molar-refractivity contribution >= 4 is 15.7 Å². The van der Waals surface area contributed by atoms with Crippen LogP contribution in [-0.2, 0) is 14.6 Å². The predicted octanol–water partition coefficient (Wildman–Crippen LogP) is 0.268. The molecule has 106 valence electrons. The summed E-state index contributed by atoms with van der Waals surface area (Å²) in [6.45, 7) is 5.78. The normalized spacial score (nSPS) is 22.3. The Morgan fingerprint density at radius 3 is 2.61 bits per heavy atom. The molecular weight excluding hydrogens is 252 g/mol. The van der Waals surface area contributed by atoms with Gasteiger partial charge < -0.3 is 10.2 Å². The first-order valence-corrected chi connectivity index (χ1v) is 8.31. The molecule has 1 aliphatic rings. The smallest absolute Gasteiger partial charge is 0.223 e. The molecule has 0 radical (unpaired) electrons. The number of sulfone groups is 1. The van der Waals surface area contributed by atoms with E-state index >= 15 is 0 Å². The Hall–Kier alpha value is -0.620. The molecule has 0 aromatic rings. The zero-order chi connectivity index (χ0) is 13.8. The van der Waals surface area contributed by atoms with E-state index < -0.39 is 9.84 Å². The van der Waals surface area contributed by atoms with Crippen molar-refractivity contribution in [2.24, 2.45) is 5.92 Å². The zero-order valence-electron chi connectivity index (χ0n) is 11.5. The van der Waals surface area contributed by atoms with Gasteiger partial charge in [-0.3, -0.25) is 4.79 Å². The molecular formula is C12H24N2O3S. The quantitative estimate of drug-likeness (QED) is 0.707. The number of amides is 1. The molecule has 0 bridgehead atoms. The van der Waals surface area contributed by atoms with Gasteiger partial charge in [0.05, 0.1) is 11.5 Å². The lowest BCUT2D eigenvalue weighted by molar-refractivity contribution is -0.131. The standard InChI is InChI=1S/C12H24N2O3S/c1-10(2)8-13-6-4-12(15)14(3)11-5-7-18(16,17)9-11/h10-11,13H,4-9H2,1-3H3. The zero-order valence-corrected chi connectivity index (χ0v) is 12.3. The molecule has 1 heterocycles. The molecule has 1 amide bonds. The number of hydrogen-bond acceptors (Lipinski definition) is 4. The third-order valence-corrected chi connectivity index (χ3v) is 4.97. The highest BCUT2D eigenvalue weighted by Crippen LogP contribution is 2.16. The number of hydrogen-bond donors (Lipinski definition) is 1. The Bertz CT molecular complexity index is 379. The largest absolute Gasteiger partial charge is 0.342 e. The molecule has 0 aromatic heterocycles. The minimum absolute atomic E-state index is 0.0216. The fraction of sp³-hybridized carbons (Fsp3) is 0.917. The second kappa shape index (κ2) is 6.52. The van der Waals surface area contributed by atoms with Crippen LogP contribution in [0.3, 0.4) is 0 Å². The van der Waals surface area contributed by atoms with Crippen LogP contribution in [0.15, 0.2) is 0 Å². The minimum atomic E-state index is -2.92. The van der Waals surface area contributed by atoms with Crippen molar-refractivity contribution in [3.63, 3.8) is 0 Å². The maximum Gasteiger partial charge on any atom is 0.223 e. The highest BCUT2D eigenvalue weighted by molar-refractivity contribution is 7.91. The number of carbonyl (C=O) groups is 1. The van der Waals surface area contributed by atoms with Gasteiger partial charge in [0.2, 0.25) is 5.91 Å². The maximum atomic E-state index is 11.9. The Morgan fingerprint density at radius 1 is 1.44 bits per heavy atom. The number of carbonyl (C=O) groups excluding carboxylic acids is 1. The van der Waals surface area contributed by atoms with E-state index in [2.05, 4.69) is 19.2 Å². The van der Waals surface area contributed by atoms with E-state index in [1.807, 2.05) is 0 Å². The monoisotopic (exact) mass is 276 g/mol. The van der Waals surface area contributed by atoms with E-state index in [0.717, 1.165) is 6.54 Å². The van der Waals surface area contributed by atoms with E-state index in [4.69, 9.17) is 0 Å². The van der Waals surface area contributed by atoms with E-state index in [0.29, 0.717) is 25.3 Å². The van der Waals surface area contributed by atoms with Crippen molar-refractivity contribution in [1.82, 2.24) is 10.2 Å². The highest BCUT2D eigenvalue weighted by Gasteiger charge is 2.32. The second-order valence-electron chi connectivity index (χ2n) is 5.41. The maximum absolute atomic E-state index is 11.9. The molecule has 0 aromatic carbocycles. The van der Waals surface area contributed by atoms with Crippen LogP contribution < -0.4 is 5.32 Å². The van der Waals surface area contributed by atoms with Gasteiger partial charge in [-0.2, -0.15) is 0 Å². The average molecular weight is 276 g/mol. The molecule has 1 rings (SSSR count). The third-order valence-electron chi connectivity index (χ3n) is 3.22. The molecule has 5 nitrogen and oxygen atoms in total. The van der Waals surface area contributed by atoms with Gasteiger partial charge in [-0.15, -0.1) is 0 Å². The summed E-state index contributed by atoms with van der Waals surface area (Å²) in [6.07, 6.45) is 1.00. The molecule has 1 atom stereocenters. The third kappa shape index (κ3) is 4.94. The lowest BCUT2D eigenvalue weighted by atomic mass is 10.2. The van der Waals surface area contributed by atoms with Crippen LogP contribution in [0.5, 0.6) is 0 Å². The second-order valence-corrected chi connectivity index (χ2v) is 7.64. The van der Waals surface area contributed by atoms with Gasteiger partial charge in [0.15, 0.2) is 9.84 Å². The molecule has 1 fully saturated rings. The Labute approximate surface area is 110 Å². The van der Waals surface area contributed by atoms with Gasteiger partial charge in [0.1, 0.15) is 0 Å². The van der Waals surface area contributed by atoms with E-state index in [1.165, 1.54) is 0 Å². The molecule has 1 unspecified atom stereocenters. The topological polar surface area (TPSA) is 66.5 Å². The lowest BCUT2D eigenvalue weighted by Gasteiger charge is -2.23. The van der Waals surface area contributed by atoms with Crippen molar-refractivity contribution in [3.8, 4) is 0 Å². The fourth-order valence-electron chi connectivity index (χ4n) is 2.05. The van der Waals surface area contributed by atoms with Crippen LogP contribution in [0.4, 0.5) is 0 Å². The Kier molecular flexibility index (Phi) is 5.59. The van der Waals surface area contributed by atoms with Crippen LogP contribution in [-0.4, -0.2) is 56.9 Å². The van der Waals surface area contributed by atoms with Crippen molar-refractivity contribution < 1.29 is 13.2 Å². The fourth-order valence-corrected chi connectivity index (χ4v) is 3.82. The van der Waals surface area contributed by atoms with Crippen molar-refractivity contribution in [3.05, 3.63) is 0 Å². The van der Waals surface area contributed by atoms with Gasteiger partial charge >= 0.3 is 0 Å². The van der Waals surface area contributed by atoms with Gasteiger partial charge in [-0.25, -0.2) is 8.42 Å². The van der Waals surface area contributed by atoms with E-state index in [9.17, 15) is 13.2 Å². The summed E-state index contributed by atoms with van der Waals surface area (Å²) in [6, 6.07) is -0.132. The number of nitrogens with one attached hydrogen (secondary N) is 1. The van der Waals surface area contributed by atoms with E-state index in [1.54, 1.807) is 11.9 Å². The first-order valence-electron chi connectivity index (χ1n) is 6.48. The number of nitrogens with zero attached hydrogens (tertiary/aromatic N) is 1. The highest BCUT2D eigenvalue weighted by atomic mass is 32.2. The first-order chi connectivity index (χ1) is 8.32.